The minimum atomic E-state index is 0.387. The molecule has 2 aromatic carbocycles. The highest BCUT2D eigenvalue weighted by Crippen LogP contribution is 2.27. The molecule has 0 aliphatic carbocycles. The van der Waals surface area contributed by atoms with Gasteiger partial charge in [-0.2, -0.15) is 5.26 Å². The zero-order valence-corrected chi connectivity index (χ0v) is 10.8. The van der Waals surface area contributed by atoms with Crippen molar-refractivity contribution in [3.05, 3.63) is 60.4 Å². The average Bonchev–Trinajstić information content (AvgIpc) is 2.47. The van der Waals surface area contributed by atoms with Gasteiger partial charge >= 0.3 is 0 Å². The highest BCUT2D eigenvalue weighted by molar-refractivity contribution is 7.99. The Balaban J connectivity index is 1.94. The summed E-state index contributed by atoms with van der Waals surface area (Å²) in [7, 11) is 0. The minimum Gasteiger partial charge on any atom is -0.231 e. The molecule has 90 valence electrons. The molecule has 0 aliphatic rings. The van der Waals surface area contributed by atoms with E-state index >= 15 is 0 Å². The van der Waals surface area contributed by atoms with Crippen molar-refractivity contribution in [1.82, 2.24) is 9.97 Å². The molecular formula is C15H9N3S. The highest BCUT2D eigenvalue weighted by Gasteiger charge is 2.03. The van der Waals surface area contributed by atoms with Gasteiger partial charge in [-0.15, -0.1) is 0 Å². The van der Waals surface area contributed by atoms with Gasteiger partial charge in [0.25, 0.3) is 0 Å². The minimum absolute atomic E-state index is 0.387. The second-order valence-electron chi connectivity index (χ2n) is 3.95. The molecule has 0 spiro atoms. The molecule has 0 atom stereocenters. The predicted octanol–water partition coefficient (Wildman–Crippen LogP) is 3.65. The number of nitrogens with zero attached hydrogens (tertiary/aromatic N) is 3. The monoisotopic (exact) mass is 263 g/mol. The summed E-state index contributed by atoms with van der Waals surface area (Å²) in [5, 5.41) is 11.8. The molecule has 0 fully saturated rings. The number of fused-ring (bicyclic) bond motifs is 1. The van der Waals surface area contributed by atoms with Crippen LogP contribution in [0.25, 0.3) is 10.8 Å². The van der Waals surface area contributed by atoms with Crippen LogP contribution in [0.15, 0.2) is 64.8 Å². The van der Waals surface area contributed by atoms with Gasteiger partial charge in [-0.1, -0.05) is 30.3 Å². The van der Waals surface area contributed by atoms with Crippen LogP contribution in [0.1, 0.15) is 5.69 Å². The van der Waals surface area contributed by atoms with E-state index in [4.69, 9.17) is 5.26 Å². The summed E-state index contributed by atoms with van der Waals surface area (Å²) < 4.78 is 0. The normalized spacial score (nSPS) is 10.3. The first-order valence-electron chi connectivity index (χ1n) is 5.75. The molecule has 0 N–H and O–H groups in total. The molecule has 0 radical (unpaired) electrons. The van der Waals surface area contributed by atoms with Crippen LogP contribution in [0.2, 0.25) is 0 Å². The summed E-state index contributed by atoms with van der Waals surface area (Å²) in [6, 6.07) is 18.0. The summed E-state index contributed by atoms with van der Waals surface area (Å²) in [5.74, 6) is 0. The van der Waals surface area contributed by atoms with E-state index in [0.29, 0.717) is 10.9 Å². The van der Waals surface area contributed by atoms with E-state index in [1.807, 2.05) is 24.3 Å². The number of aromatic nitrogens is 2. The van der Waals surface area contributed by atoms with Gasteiger partial charge in [-0.25, -0.2) is 9.97 Å². The van der Waals surface area contributed by atoms with Crippen molar-refractivity contribution >= 4 is 22.5 Å². The van der Waals surface area contributed by atoms with E-state index in [1.54, 1.807) is 12.3 Å². The number of benzene rings is 2. The second kappa shape index (κ2) is 5.09. The molecule has 1 heterocycles. The Morgan fingerprint density at radius 2 is 1.84 bits per heavy atom. The van der Waals surface area contributed by atoms with Gasteiger partial charge < -0.3 is 0 Å². The van der Waals surface area contributed by atoms with E-state index < -0.39 is 0 Å². The summed E-state index contributed by atoms with van der Waals surface area (Å²) in [5.41, 5.74) is 0.387. The van der Waals surface area contributed by atoms with Crippen molar-refractivity contribution in [1.29, 1.82) is 5.26 Å². The number of rotatable bonds is 2. The van der Waals surface area contributed by atoms with Crippen LogP contribution in [0.3, 0.4) is 0 Å². The number of hydrogen-bond acceptors (Lipinski definition) is 4. The largest absolute Gasteiger partial charge is 0.231 e. The molecule has 0 bridgehead atoms. The maximum atomic E-state index is 8.82. The fourth-order valence-corrected chi connectivity index (χ4v) is 2.58. The summed E-state index contributed by atoms with van der Waals surface area (Å²) >= 11 is 1.46. The fraction of sp³-hybridized carbons (Fsp3) is 0. The standard InChI is InChI=1S/C15H9N3S/c16-10-13-7-8-17-15(18-13)19-14-6-5-11-3-1-2-4-12(11)9-14/h1-9H. The van der Waals surface area contributed by atoms with E-state index in [-0.39, 0.29) is 0 Å². The maximum Gasteiger partial charge on any atom is 0.193 e. The van der Waals surface area contributed by atoms with Crippen LogP contribution in [0, 0.1) is 11.3 Å². The van der Waals surface area contributed by atoms with Crippen molar-refractivity contribution in [2.24, 2.45) is 0 Å². The fourth-order valence-electron chi connectivity index (χ4n) is 1.79. The lowest BCUT2D eigenvalue weighted by Crippen LogP contribution is -1.88. The van der Waals surface area contributed by atoms with Crippen molar-refractivity contribution in [2.45, 2.75) is 10.1 Å². The van der Waals surface area contributed by atoms with E-state index in [2.05, 4.69) is 34.2 Å². The lowest BCUT2D eigenvalue weighted by Gasteiger charge is -2.02. The molecular weight excluding hydrogens is 254 g/mol. The number of hydrogen-bond donors (Lipinski definition) is 0. The first kappa shape index (κ1) is 11.7. The van der Waals surface area contributed by atoms with Gasteiger partial charge in [-0.3, -0.25) is 0 Å². The van der Waals surface area contributed by atoms with E-state index in [1.165, 1.54) is 22.5 Å². The Morgan fingerprint density at radius 1 is 1.00 bits per heavy atom. The van der Waals surface area contributed by atoms with Crippen LogP contribution in [0.5, 0.6) is 0 Å². The molecule has 4 heteroatoms. The molecule has 3 aromatic rings. The van der Waals surface area contributed by atoms with Crippen molar-refractivity contribution < 1.29 is 0 Å². The lowest BCUT2D eigenvalue weighted by molar-refractivity contribution is 0.952. The lowest BCUT2D eigenvalue weighted by atomic mass is 10.1. The Kier molecular flexibility index (Phi) is 3.13. The van der Waals surface area contributed by atoms with Gasteiger partial charge in [0.15, 0.2) is 5.16 Å². The van der Waals surface area contributed by atoms with Crippen LogP contribution < -0.4 is 0 Å². The van der Waals surface area contributed by atoms with Gasteiger partial charge in [0.2, 0.25) is 0 Å². The molecule has 1 aromatic heterocycles. The van der Waals surface area contributed by atoms with Crippen LogP contribution in [-0.4, -0.2) is 9.97 Å². The average molecular weight is 263 g/mol. The first-order valence-corrected chi connectivity index (χ1v) is 6.56. The summed E-state index contributed by atoms with van der Waals surface area (Å²) in [4.78, 5) is 9.38. The predicted molar refractivity (Wildman–Crippen MR) is 74.8 cm³/mol. The molecule has 0 amide bonds. The van der Waals surface area contributed by atoms with Gasteiger partial charge in [0, 0.05) is 11.1 Å². The Hall–Kier alpha value is -2.38. The smallest absolute Gasteiger partial charge is 0.193 e. The van der Waals surface area contributed by atoms with Gasteiger partial charge in [-0.05, 0) is 40.7 Å². The summed E-state index contributed by atoms with van der Waals surface area (Å²) in [6.45, 7) is 0. The topological polar surface area (TPSA) is 49.6 Å². The van der Waals surface area contributed by atoms with Gasteiger partial charge in [0.05, 0.1) is 0 Å². The molecule has 0 unspecified atom stereocenters. The van der Waals surface area contributed by atoms with Crippen LogP contribution in [0.4, 0.5) is 0 Å². The third-order valence-electron chi connectivity index (χ3n) is 2.68. The Bertz CT molecular complexity index is 777. The Morgan fingerprint density at radius 3 is 2.68 bits per heavy atom. The van der Waals surface area contributed by atoms with Crippen LogP contribution in [-0.2, 0) is 0 Å². The molecule has 3 nitrogen and oxygen atoms in total. The molecule has 0 saturated heterocycles. The second-order valence-corrected chi connectivity index (χ2v) is 4.99. The van der Waals surface area contributed by atoms with Crippen LogP contribution >= 0.6 is 11.8 Å². The number of nitriles is 1. The van der Waals surface area contributed by atoms with Gasteiger partial charge in [0.1, 0.15) is 11.8 Å². The zero-order chi connectivity index (χ0) is 13.1. The molecule has 0 saturated carbocycles. The van der Waals surface area contributed by atoms with E-state index in [9.17, 15) is 0 Å². The summed E-state index contributed by atoms with van der Waals surface area (Å²) in [6.07, 6.45) is 1.61. The first-order chi connectivity index (χ1) is 9.35. The molecule has 3 rings (SSSR count). The third kappa shape index (κ3) is 2.56. The quantitative estimate of drug-likeness (QED) is 0.662. The third-order valence-corrected chi connectivity index (χ3v) is 3.55. The SMILES string of the molecule is N#Cc1ccnc(Sc2ccc3ccccc3c2)n1. The van der Waals surface area contributed by atoms with Crippen molar-refractivity contribution in [3.8, 4) is 6.07 Å². The molecule has 19 heavy (non-hydrogen) atoms. The Labute approximate surface area is 114 Å². The molecule has 0 aliphatic heterocycles. The zero-order valence-electron chi connectivity index (χ0n) is 9.95. The van der Waals surface area contributed by atoms with Crippen molar-refractivity contribution in [2.75, 3.05) is 0 Å². The van der Waals surface area contributed by atoms with Crippen molar-refractivity contribution in [3.63, 3.8) is 0 Å². The highest BCUT2D eigenvalue weighted by atomic mass is 32.2. The van der Waals surface area contributed by atoms with E-state index in [0.717, 1.165) is 4.90 Å². The maximum absolute atomic E-state index is 8.82.